The molecule has 0 spiro atoms. The van der Waals surface area contributed by atoms with Crippen molar-refractivity contribution in [2.45, 2.75) is 58.5 Å². The van der Waals surface area contributed by atoms with Gasteiger partial charge in [0, 0.05) is 14.2 Å². The summed E-state index contributed by atoms with van der Waals surface area (Å²) >= 11 is 8.33. The van der Waals surface area contributed by atoms with E-state index in [2.05, 4.69) is 41.4 Å². The Bertz CT molecular complexity index is 551. The highest BCUT2D eigenvalue weighted by atomic mass is 127. The minimum atomic E-state index is 0.122. The molecule has 1 aromatic carbocycles. The zero-order valence-electron chi connectivity index (χ0n) is 13.2. The Hall–Kier alpha value is -0.550. The molecule has 2 nitrogen and oxygen atoms in total. The van der Waals surface area contributed by atoms with Gasteiger partial charge in [-0.15, -0.1) is 0 Å². The minimum absolute atomic E-state index is 0.122. The molecule has 0 aromatic heterocycles. The predicted molar refractivity (Wildman–Crippen MR) is 104 cm³/mol. The number of rotatable bonds is 7. The van der Waals surface area contributed by atoms with Gasteiger partial charge in [0.1, 0.15) is 6.10 Å². The van der Waals surface area contributed by atoms with E-state index in [1.54, 1.807) is 0 Å². The van der Waals surface area contributed by atoms with Crippen LogP contribution >= 0.6 is 34.2 Å². The molecular weight excluding hydrogens is 409 g/mol. The lowest BCUT2D eigenvalue weighted by molar-refractivity contribution is 0.270. The van der Waals surface area contributed by atoms with Gasteiger partial charge in [0.05, 0.1) is 5.69 Å². The van der Waals surface area contributed by atoms with E-state index in [-0.39, 0.29) is 6.10 Å². The normalized spacial score (nSPS) is 19.8. The van der Waals surface area contributed by atoms with Gasteiger partial charge in [-0.05, 0) is 66.6 Å². The van der Waals surface area contributed by atoms with E-state index >= 15 is 0 Å². The van der Waals surface area contributed by atoms with E-state index in [0.717, 1.165) is 23.0 Å². The molecule has 1 aliphatic rings. The van der Waals surface area contributed by atoms with Crippen LogP contribution in [-0.2, 0) is 4.74 Å². The number of unbranched alkanes of at least 4 members (excludes halogenated alkanes) is 4. The van der Waals surface area contributed by atoms with Gasteiger partial charge in [0.15, 0.2) is 0 Å². The summed E-state index contributed by atoms with van der Waals surface area (Å²) in [5.74, 6) is 0.787. The third-order valence-corrected chi connectivity index (χ3v) is 5.56. The van der Waals surface area contributed by atoms with E-state index < -0.39 is 0 Å². The predicted octanol–water partition coefficient (Wildman–Crippen LogP) is 6.84. The highest BCUT2D eigenvalue weighted by Crippen LogP contribution is 2.33. The van der Waals surface area contributed by atoms with Crippen LogP contribution in [0, 0.1) is 0 Å². The Balaban J connectivity index is 2.05. The molecule has 0 fully saturated rings. The van der Waals surface area contributed by atoms with Crippen LogP contribution in [0.3, 0.4) is 0 Å². The average Bonchev–Trinajstić information content (AvgIpc) is 2.77. The first-order valence-corrected chi connectivity index (χ1v) is 9.47. The fraction of sp³-hybridized carbons (Fsp3) is 0.500. The summed E-state index contributed by atoms with van der Waals surface area (Å²) in [7, 11) is 0. The van der Waals surface area contributed by atoms with Crippen LogP contribution in [0.5, 0.6) is 0 Å². The summed E-state index contributed by atoms with van der Waals surface area (Å²) in [6.07, 6.45) is 7.59. The molecule has 120 valence electrons. The summed E-state index contributed by atoms with van der Waals surface area (Å²) in [5, 5.41) is 0.728. The highest BCUT2D eigenvalue weighted by Gasteiger charge is 2.27. The van der Waals surface area contributed by atoms with Crippen LogP contribution in [0.2, 0.25) is 5.02 Å². The third kappa shape index (κ3) is 4.98. The summed E-state index contributed by atoms with van der Waals surface area (Å²) in [6, 6.07) is 7.57. The second kappa shape index (κ2) is 8.92. The average molecular weight is 432 g/mol. The molecule has 0 bridgehead atoms. The number of hydrogen-bond acceptors (Lipinski definition) is 2. The number of ether oxygens (including phenoxy) is 1. The molecule has 0 saturated carbocycles. The first-order chi connectivity index (χ1) is 10.6. The van der Waals surface area contributed by atoms with Crippen LogP contribution in [0.15, 0.2) is 38.4 Å². The van der Waals surface area contributed by atoms with Crippen LogP contribution < -0.4 is 0 Å². The van der Waals surface area contributed by atoms with E-state index in [1.807, 2.05) is 24.3 Å². The topological polar surface area (TPSA) is 21.6 Å². The Labute approximate surface area is 152 Å². The second-order valence-electron chi connectivity index (χ2n) is 5.64. The molecule has 1 aliphatic heterocycles. The number of aliphatic imine (C=N–C) groups is 1. The number of halogens is 2. The fourth-order valence-electron chi connectivity index (χ4n) is 2.50. The van der Waals surface area contributed by atoms with Crippen LogP contribution in [-0.4, -0.2) is 12.0 Å². The summed E-state index contributed by atoms with van der Waals surface area (Å²) in [6.45, 7) is 4.33. The van der Waals surface area contributed by atoms with Crippen molar-refractivity contribution in [2.24, 2.45) is 4.99 Å². The molecule has 1 unspecified atom stereocenters. The molecule has 4 heteroatoms. The van der Waals surface area contributed by atoms with Crippen LogP contribution in [0.4, 0.5) is 5.69 Å². The van der Waals surface area contributed by atoms with Crippen molar-refractivity contribution < 1.29 is 4.74 Å². The van der Waals surface area contributed by atoms with Gasteiger partial charge in [-0.25, -0.2) is 4.99 Å². The summed E-state index contributed by atoms with van der Waals surface area (Å²) in [5.41, 5.74) is 2.17. The van der Waals surface area contributed by atoms with Gasteiger partial charge in [-0.1, -0.05) is 44.2 Å². The maximum Gasteiger partial charge on any atom is 0.218 e. The van der Waals surface area contributed by atoms with Gasteiger partial charge in [-0.3, -0.25) is 0 Å². The van der Waals surface area contributed by atoms with Crippen molar-refractivity contribution in [1.29, 1.82) is 0 Å². The summed E-state index contributed by atoms with van der Waals surface area (Å²) in [4.78, 5) is 4.67. The maximum atomic E-state index is 5.93. The first-order valence-electron chi connectivity index (χ1n) is 8.01. The molecular formula is C18H23ClINO. The van der Waals surface area contributed by atoms with Gasteiger partial charge in [-0.2, -0.15) is 0 Å². The molecule has 1 heterocycles. The lowest BCUT2D eigenvalue weighted by atomic mass is 10.1. The second-order valence-corrected chi connectivity index (χ2v) is 7.24. The van der Waals surface area contributed by atoms with Crippen LogP contribution in [0.25, 0.3) is 0 Å². The van der Waals surface area contributed by atoms with E-state index in [0.29, 0.717) is 0 Å². The smallest absolute Gasteiger partial charge is 0.218 e. The van der Waals surface area contributed by atoms with Gasteiger partial charge in [0.25, 0.3) is 0 Å². The molecule has 0 amide bonds. The quantitative estimate of drug-likeness (QED) is 0.342. The standard InChI is InChI=1S/C18H23ClINO/c1-3-4-5-6-7-8-16-17(20)13(2)22-18(16)21-15-11-9-14(19)10-12-15/h9-13H,3-8H2,1-2H3. The number of nitrogens with zero attached hydrogens (tertiary/aromatic N) is 1. The van der Waals surface area contributed by atoms with Gasteiger partial charge < -0.3 is 4.74 Å². The zero-order chi connectivity index (χ0) is 15.9. The Morgan fingerprint density at radius 3 is 2.50 bits per heavy atom. The fourth-order valence-corrected chi connectivity index (χ4v) is 3.25. The first kappa shape index (κ1) is 17.8. The maximum absolute atomic E-state index is 5.93. The zero-order valence-corrected chi connectivity index (χ0v) is 16.2. The molecule has 0 N–H and O–H groups in total. The molecule has 2 rings (SSSR count). The van der Waals surface area contributed by atoms with Gasteiger partial charge in [0.2, 0.25) is 5.90 Å². The largest absolute Gasteiger partial charge is 0.469 e. The van der Waals surface area contributed by atoms with E-state index in [4.69, 9.17) is 16.3 Å². The summed E-state index contributed by atoms with van der Waals surface area (Å²) < 4.78 is 7.23. The Morgan fingerprint density at radius 2 is 1.82 bits per heavy atom. The molecule has 0 radical (unpaired) electrons. The monoisotopic (exact) mass is 431 g/mol. The Kier molecular flexibility index (Phi) is 7.22. The third-order valence-electron chi connectivity index (χ3n) is 3.78. The van der Waals surface area contributed by atoms with E-state index in [1.165, 1.54) is 41.3 Å². The van der Waals surface area contributed by atoms with Crippen molar-refractivity contribution >= 4 is 45.8 Å². The number of hydrogen-bond donors (Lipinski definition) is 0. The van der Waals surface area contributed by atoms with Crippen molar-refractivity contribution in [3.05, 3.63) is 38.4 Å². The van der Waals surface area contributed by atoms with Crippen molar-refractivity contribution in [1.82, 2.24) is 0 Å². The lowest BCUT2D eigenvalue weighted by Crippen LogP contribution is -2.05. The highest BCUT2D eigenvalue weighted by molar-refractivity contribution is 14.1. The number of benzene rings is 1. The molecule has 0 aliphatic carbocycles. The SMILES string of the molecule is CCCCCCCC1=C(I)C(C)OC1=Nc1ccc(Cl)cc1. The molecule has 0 saturated heterocycles. The van der Waals surface area contributed by atoms with Crippen molar-refractivity contribution in [3.63, 3.8) is 0 Å². The van der Waals surface area contributed by atoms with Crippen molar-refractivity contribution in [3.8, 4) is 0 Å². The van der Waals surface area contributed by atoms with Crippen LogP contribution in [0.1, 0.15) is 52.4 Å². The molecule has 1 atom stereocenters. The Morgan fingerprint density at radius 1 is 1.14 bits per heavy atom. The van der Waals surface area contributed by atoms with Crippen molar-refractivity contribution in [2.75, 3.05) is 0 Å². The molecule has 1 aromatic rings. The lowest BCUT2D eigenvalue weighted by Gasteiger charge is -2.06. The minimum Gasteiger partial charge on any atom is -0.469 e. The molecule has 22 heavy (non-hydrogen) atoms. The van der Waals surface area contributed by atoms with Gasteiger partial charge >= 0.3 is 0 Å². The van der Waals surface area contributed by atoms with E-state index in [9.17, 15) is 0 Å².